The van der Waals surface area contributed by atoms with Crippen LogP contribution in [0, 0.1) is 25.2 Å². The van der Waals surface area contributed by atoms with Crippen LogP contribution in [0.5, 0.6) is 5.75 Å². The first-order valence-electron chi connectivity index (χ1n) is 10.6. The third kappa shape index (κ3) is 5.35. The number of nitrogens with zero attached hydrogens (tertiary/aromatic N) is 8. The van der Waals surface area contributed by atoms with E-state index in [0.29, 0.717) is 23.1 Å². The summed E-state index contributed by atoms with van der Waals surface area (Å²) < 4.78 is 9.67. The molecule has 174 valence electrons. The lowest BCUT2D eigenvalue weighted by Crippen LogP contribution is -2.16. The second kappa shape index (κ2) is 10.4. The average molecular weight is 476 g/mol. The number of nitrogens with one attached hydrogen (secondary N) is 1. The van der Waals surface area contributed by atoms with E-state index >= 15 is 0 Å². The molecule has 0 bridgehead atoms. The van der Waals surface area contributed by atoms with Crippen molar-refractivity contribution >= 4 is 23.4 Å². The molecule has 0 aliphatic carbocycles. The Hall–Kier alpha value is -3.91. The van der Waals surface area contributed by atoms with Gasteiger partial charge in [0.05, 0.1) is 28.5 Å². The number of hydrogen-bond donors (Lipinski definition) is 1. The van der Waals surface area contributed by atoms with Crippen molar-refractivity contribution in [3.05, 3.63) is 60.2 Å². The maximum Gasteiger partial charge on any atom is 0.227 e. The first kappa shape index (κ1) is 23.3. The summed E-state index contributed by atoms with van der Waals surface area (Å²) in [6.07, 6.45) is 6.60. The van der Waals surface area contributed by atoms with Gasteiger partial charge in [-0.2, -0.15) is 15.5 Å². The van der Waals surface area contributed by atoms with Crippen molar-refractivity contribution in [1.82, 2.24) is 34.5 Å². The molecule has 0 aliphatic rings. The van der Waals surface area contributed by atoms with Gasteiger partial charge < -0.3 is 10.1 Å². The van der Waals surface area contributed by atoms with Crippen molar-refractivity contribution in [2.75, 3.05) is 11.1 Å². The molecule has 0 radical (unpaired) electrons. The summed E-state index contributed by atoms with van der Waals surface area (Å²) in [6.45, 7) is 5.91. The van der Waals surface area contributed by atoms with E-state index in [9.17, 15) is 5.26 Å². The highest BCUT2D eigenvalue weighted by Crippen LogP contribution is 2.28. The molecule has 4 aromatic rings. The lowest BCUT2D eigenvalue weighted by molar-refractivity contribution is 0.246. The van der Waals surface area contributed by atoms with E-state index in [0.717, 1.165) is 34.0 Å². The SMILES string of the molecule is Cc1nn(C)c(C)c1Nc1ncc(-c2ccc(C#N)c(O[C@@H](C)CSCn3cncn3)c2)cn1. The summed E-state index contributed by atoms with van der Waals surface area (Å²) in [4.78, 5) is 12.9. The van der Waals surface area contributed by atoms with E-state index in [1.165, 1.54) is 6.33 Å². The standard InChI is InChI=1S/C23H25N9OS/c1-15(11-34-14-32-13-25-12-28-32)33-21-7-18(5-6-19(21)8-24)20-9-26-23(27-10-20)29-22-16(2)30-31(4)17(22)3/h5-7,9-10,12-13,15H,11,14H2,1-4H3,(H,26,27,29)/t15-/m0/s1. The van der Waals surface area contributed by atoms with E-state index in [-0.39, 0.29) is 6.10 Å². The van der Waals surface area contributed by atoms with Crippen LogP contribution in [0.4, 0.5) is 11.6 Å². The number of thioether (sulfide) groups is 1. The fourth-order valence-corrected chi connectivity index (χ4v) is 4.19. The summed E-state index contributed by atoms with van der Waals surface area (Å²) in [5, 5.41) is 21.3. The molecule has 1 N–H and O–H groups in total. The van der Waals surface area contributed by atoms with Crippen LogP contribution in [0.15, 0.2) is 43.2 Å². The van der Waals surface area contributed by atoms with Crippen LogP contribution in [-0.4, -0.2) is 46.4 Å². The monoisotopic (exact) mass is 475 g/mol. The number of benzene rings is 1. The van der Waals surface area contributed by atoms with Gasteiger partial charge in [0.15, 0.2) is 0 Å². The molecule has 0 unspecified atom stereocenters. The molecular weight excluding hydrogens is 450 g/mol. The molecule has 0 spiro atoms. The summed E-state index contributed by atoms with van der Waals surface area (Å²) in [6, 6.07) is 7.69. The van der Waals surface area contributed by atoms with Crippen LogP contribution in [-0.2, 0) is 12.9 Å². The van der Waals surface area contributed by atoms with Gasteiger partial charge in [0, 0.05) is 30.8 Å². The van der Waals surface area contributed by atoms with Gasteiger partial charge in [0.2, 0.25) is 5.95 Å². The zero-order valence-electron chi connectivity index (χ0n) is 19.4. The van der Waals surface area contributed by atoms with E-state index in [1.54, 1.807) is 41.2 Å². The predicted octanol–water partition coefficient (Wildman–Crippen LogP) is 3.86. The van der Waals surface area contributed by atoms with E-state index < -0.39 is 0 Å². The fourth-order valence-electron chi connectivity index (χ4n) is 3.36. The molecule has 1 atom stereocenters. The van der Waals surface area contributed by atoms with Gasteiger partial charge in [-0.05, 0) is 38.5 Å². The number of anilines is 2. The van der Waals surface area contributed by atoms with Crippen LogP contribution in [0.3, 0.4) is 0 Å². The largest absolute Gasteiger partial charge is 0.488 e. The maximum absolute atomic E-state index is 9.52. The molecule has 3 heterocycles. The molecule has 34 heavy (non-hydrogen) atoms. The van der Waals surface area contributed by atoms with E-state index in [1.807, 2.05) is 44.6 Å². The third-order valence-electron chi connectivity index (χ3n) is 5.20. The van der Waals surface area contributed by atoms with Crippen LogP contribution in [0.25, 0.3) is 11.1 Å². The van der Waals surface area contributed by atoms with E-state index in [4.69, 9.17) is 4.74 Å². The molecular formula is C23H25N9OS. The van der Waals surface area contributed by atoms with Gasteiger partial charge in [-0.15, -0.1) is 11.8 Å². The molecule has 0 saturated heterocycles. The number of ether oxygens (including phenoxy) is 1. The highest BCUT2D eigenvalue weighted by atomic mass is 32.2. The van der Waals surface area contributed by atoms with E-state index in [2.05, 4.69) is 36.5 Å². The van der Waals surface area contributed by atoms with Crippen LogP contribution >= 0.6 is 11.8 Å². The van der Waals surface area contributed by atoms with Gasteiger partial charge in [-0.3, -0.25) is 4.68 Å². The third-order valence-corrected chi connectivity index (χ3v) is 6.36. The van der Waals surface area contributed by atoms with Gasteiger partial charge in [0.25, 0.3) is 0 Å². The molecule has 0 amide bonds. The summed E-state index contributed by atoms with van der Waals surface area (Å²) >= 11 is 1.68. The zero-order valence-corrected chi connectivity index (χ0v) is 20.2. The Morgan fingerprint density at radius 2 is 2.00 bits per heavy atom. The second-order valence-electron chi connectivity index (χ2n) is 7.78. The molecule has 3 aromatic heterocycles. The maximum atomic E-state index is 9.52. The number of hydrogen-bond acceptors (Lipinski definition) is 9. The predicted molar refractivity (Wildman–Crippen MR) is 131 cm³/mol. The van der Waals surface area contributed by atoms with Crippen molar-refractivity contribution in [2.45, 2.75) is 32.8 Å². The van der Waals surface area contributed by atoms with Gasteiger partial charge in [0.1, 0.15) is 30.6 Å². The zero-order chi connectivity index (χ0) is 24.1. The first-order chi connectivity index (χ1) is 16.4. The fraction of sp³-hybridized carbons (Fsp3) is 0.304. The molecule has 4 rings (SSSR count). The molecule has 0 fully saturated rings. The number of aromatic nitrogens is 7. The van der Waals surface area contributed by atoms with Crippen LogP contribution in [0.2, 0.25) is 0 Å². The van der Waals surface area contributed by atoms with Gasteiger partial charge in [-0.1, -0.05) is 6.07 Å². The average Bonchev–Trinajstić information content (AvgIpc) is 3.43. The Bertz CT molecular complexity index is 1290. The topological polar surface area (TPSA) is 119 Å². The second-order valence-corrected chi connectivity index (χ2v) is 8.78. The Morgan fingerprint density at radius 1 is 1.21 bits per heavy atom. The molecule has 11 heteroatoms. The molecule has 10 nitrogen and oxygen atoms in total. The number of rotatable bonds is 9. The smallest absolute Gasteiger partial charge is 0.227 e. The highest BCUT2D eigenvalue weighted by molar-refractivity contribution is 7.98. The summed E-state index contributed by atoms with van der Waals surface area (Å²) in [5.41, 5.74) is 4.98. The van der Waals surface area contributed by atoms with Crippen molar-refractivity contribution in [1.29, 1.82) is 5.26 Å². The minimum Gasteiger partial charge on any atom is -0.488 e. The van der Waals surface area contributed by atoms with Crippen molar-refractivity contribution < 1.29 is 4.74 Å². The van der Waals surface area contributed by atoms with Crippen molar-refractivity contribution in [3.63, 3.8) is 0 Å². The summed E-state index contributed by atoms with van der Waals surface area (Å²) in [5.74, 6) is 2.46. The van der Waals surface area contributed by atoms with Gasteiger partial charge in [-0.25, -0.2) is 19.6 Å². The van der Waals surface area contributed by atoms with Crippen molar-refractivity contribution in [3.8, 4) is 22.9 Å². The molecule has 0 saturated carbocycles. The van der Waals surface area contributed by atoms with Crippen LogP contribution in [0.1, 0.15) is 23.9 Å². The Balaban J connectivity index is 1.44. The lowest BCUT2D eigenvalue weighted by Gasteiger charge is -2.16. The van der Waals surface area contributed by atoms with Crippen LogP contribution < -0.4 is 10.1 Å². The normalized spacial score (nSPS) is 11.7. The Kier molecular flexibility index (Phi) is 7.08. The number of nitriles is 1. The minimum absolute atomic E-state index is 0.0929. The highest BCUT2D eigenvalue weighted by Gasteiger charge is 2.13. The molecule has 1 aromatic carbocycles. The summed E-state index contributed by atoms with van der Waals surface area (Å²) in [7, 11) is 1.90. The quantitative estimate of drug-likeness (QED) is 0.385. The van der Waals surface area contributed by atoms with Crippen molar-refractivity contribution in [2.24, 2.45) is 7.05 Å². The van der Waals surface area contributed by atoms with Gasteiger partial charge >= 0.3 is 0 Å². The Morgan fingerprint density at radius 3 is 2.65 bits per heavy atom. The molecule has 0 aliphatic heterocycles. The number of aryl methyl sites for hydroxylation is 2. The Labute approximate surface area is 202 Å². The minimum atomic E-state index is -0.0929. The lowest BCUT2D eigenvalue weighted by atomic mass is 10.1. The first-order valence-corrected chi connectivity index (χ1v) is 11.8.